The third-order valence-corrected chi connectivity index (χ3v) is 5.31. The first-order chi connectivity index (χ1) is 14.6. The maximum absolute atomic E-state index is 6.43. The predicted molar refractivity (Wildman–Crippen MR) is 116 cm³/mol. The first kappa shape index (κ1) is 20.6. The summed E-state index contributed by atoms with van der Waals surface area (Å²) in [7, 11) is 0. The zero-order chi connectivity index (χ0) is 21.1. The molecule has 1 N–H and O–H groups in total. The normalized spacial score (nSPS) is 11.3. The van der Waals surface area contributed by atoms with Gasteiger partial charge in [-0.3, -0.25) is 4.57 Å². The molecule has 3 heterocycles. The van der Waals surface area contributed by atoms with Gasteiger partial charge in [0.15, 0.2) is 11.6 Å². The van der Waals surface area contributed by atoms with Crippen LogP contribution in [0.5, 0.6) is 0 Å². The lowest BCUT2D eigenvalue weighted by Gasteiger charge is -2.11. The summed E-state index contributed by atoms with van der Waals surface area (Å²) in [4.78, 5) is 4.70. The standard InChI is InChI=1S/C20H22Cl2N8/c1-3-5-17-23-18(6-4-2)29(26-17)12-13-7-9-14(10-8-13)30-16(22)11-15(21)19(30)20-24-27-28-25-20/h7-11H,3-6,12H2,1-2H3,(H,24,25,27,28). The molecule has 0 unspecified atom stereocenters. The number of aryl methyl sites for hydroxylation is 2. The number of nitrogens with zero attached hydrogens (tertiary/aromatic N) is 7. The molecule has 0 bridgehead atoms. The molecule has 0 saturated carbocycles. The molecule has 3 aromatic heterocycles. The molecule has 4 aromatic rings. The Morgan fingerprint density at radius 3 is 2.47 bits per heavy atom. The van der Waals surface area contributed by atoms with Gasteiger partial charge in [-0.05, 0) is 47.0 Å². The minimum Gasteiger partial charge on any atom is -0.296 e. The summed E-state index contributed by atoms with van der Waals surface area (Å²) in [5, 5.41) is 19.6. The molecule has 4 rings (SSSR count). The Balaban J connectivity index is 1.62. The summed E-state index contributed by atoms with van der Waals surface area (Å²) in [5.41, 5.74) is 2.60. The topological polar surface area (TPSA) is 90.1 Å². The summed E-state index contributed by atoms with van der Waals surface area (Å²) in [5.74, 6) is 2.40. The van der Waals surface area contributed by atoms with Crippen LogP contribution in [0.2, 0.25) is 10.2 Å². The lowest BCUT2D eigenvalue weighted by Crippen LogP contribution is -2.07. The molecule has 156 valence electrons. The second-order valence-electron chi connectivity index (χ2n) is 7.02. The van der Waals surface area contributed by atoms with Gasteiger partial charge < -0.3 is 0 Å². The molecule has 1 aromatic carbocycles. The molecule has 0 fully saturated rings. The van der Waals surface area contributed by atoms with Crippen LogP contribution < -0.4 is 0 Å². The quantitative estimate of drug-likeness (QED) is 0.431. The van der Waals surface area contributed by atoms with Crippen LogP contribution in [0.4, 0.5) is 0 Å². The maximum Gasteiger partial charge on any atom is 0.198 e. The number of hydrogen-bond acceptors (Lipinski definition) is 5. The largest absolute Gasteiger partial charge is 0.296 e. The summed E-state index contributed by atoms with van der Waals surface area (Å²) >= 11 is 12.8. The van der Waals surface area contributed by atoms with Crippen LogP contribution >= 0.6 is 23.2 Å². The van der Waals surface area contributed by atoms with Gasteiger partial charge >= 0.3 is 0 Å². The molecule has 0 atom stereocenters. The van der Waals surface area contributed by atoms with Crippen molar-refractivity contribution in [1.82, 2.24) is 40.0 Å². The Hall–Kier alpha value is -2.71. The van der Waals surface area contributed by atoms with E-state index in [1.165, 1.54) is 0 Å². The molecule has 0 saturated heterocycles. The number of rotatable bonds is 8. The van der Waals surface area contributed by atoms with E-state index in [9.17, 15) is 0 Å². The van der Waals surface area contributed by atoms with E-state index in [4.69, 9.17) is 33.3 Å². The highest BCUT2D eigenvalue weighted by Gasteiger charge is 2.19. The number of halogens is 2. The molecule has 0 aliphatic carbocycles. The van der Waals surface area contributed by atoms with Crippen molar-refractivity contribution in [3.8, 4) is 17.2 Å². The Labute approximate surface area is 184 Å². The lowest BCUT2D eigenvalue weighted by atomic mass is 10.2. The van der Waals surface area contributed by atoms with Crippen molar-refractivity contribution in [1.29, 1.82) is 0 Å². The molecule has 8 nitrogen and oxygen atoms in total. The fourth-order valence-corrected chi connectivity index (χ4v) is 4.02. The summed E-state index contributed by atoms with van der Waals surface area (Å²) < 4.78 is 3.82. The average Bonchev–Trinajstić information content (AvgIpc) is 3.43. The van der Waals surface area contributed by atoms with Crippen LogP contribution in [0.15, 0.2) is 30.3 Å². The third-order valence-electron chi connectivity index (χ3n) is 4.75. The van der Waals surface area contributed by atoms with Gasteiger partial charge in [-0.25, -0.2) is 14.8 Å². The maximum atomic E-state index is 6.43. The van der Waals surface area contributed by atoms with Crippen LogP contribution in [0.3, 0.4) is 0 Å². The van der Waals surface area contributed by atoms with Gasteiger partial charge in [0.25, 0.3) is 0 Å². The van der Waals surface area contributed by atoms with Gasteiger partial charge in [-0.1, -0.05) is 49.2 Å². The van der Waals surface area contributed by atoms with Gasteiger partial charge in [-0.15, -0.1) is 5.10 Å². The summed E-state index contributed by atoms with van der Waals surface area (Å²) in [6.07, 6.45) is 3.89. The van der Waals surface area contributed by atoms with E-state index in [0.717, 1.165) is 48.6 Å². The van der Waals surface area contributed by atoms with E-state index in [1.54, 1.807) is 6.07 Å². The third kappa shape index (κ3) is 4.11. The minimum atomic E-state index is 0.450. The van der Waals surface area contributed by atoms with E-state index < -0.39 is 0 Å². The number of tetrazole rings is 1. The van der Waals surface area contributed by atoms with E-state index in [-0.39, 0.29) is 0 Å². The fraction of sp³-hybridized carbons (Fsp3) is 0.350. The van der Waals surface area contributed by atoms with E-state index in [0.29, 0.717) is 28.2 Å². The summed E-state index contributed by atoms with van der Waals surface area (Å²) in [6.45, 7) is 4.97. The monoisotopic (exact) mass is 444 g/mol. The fourth-order valence-electron chi connectivity index (χ4n) is 3.40. The van der Waals surface area contributed by atoms with Gasteiger partial charge in [0.1, 0.15) is 16.7 Å². The average molecular weight is 445 g/mol. The van der Waals surface area contributed by atoms with Crippen molar-refractivity contribution in [3.05, 3.63) is 57.7 Å². The Kier molecular flexibility index (Phi) is 6.15. The first-order valence-corrected chi connectivity index (χ1v) is 10.7. The number of hydrogen-bond donors (Lipinski definition) is 1. The van der Waals surface area contributed by atoms with E-state index in [1.807, 2.05) is 21.4 Å². The Morgan fingerprint density at radius 1 is 1.03 bits per heavy atom. The molecule has 0 aliphatic heterocycles. The second kappa shape index (κ2) is 8.97. The Morgan fingerprint density at radius 2 is 1.80 bits per heavy atom. The SMILES string of the molecule is CCCc1nc(CCC)n(Cc2ccc(-n3c(Cl)cc(Cl)c3-c3nnn[nH]3)cc2)n1. The lowest BCUT2D eigenvalue weighted by molar-refractivity contribution is 0.623. The molecule has 0 aliphatic rings. The first-order valence-electron chi connectivity index (χ1n) is 9.93. The highest BCUT2D eigenvalue weighted by molar-refractivity contribution is 6.36. The molecule has 0 radical (unpaired) electrons. The zero-order valence-electron chi connectivity index (χ0n) is 16.8. The zero-order valence-corrected chi connectivity index (χ0v) is 18.3. The van der Waals surface area contributed by atoms with Crippen molar-refractivity contribution in [3.63, 3.8) is 0 Å². The van der Waals surface area contributed by atoms with Crippen molar-refractivity contribution >= 4 is 23.2 Å². The molecule has 10 heteroatoms. The predicted octanol–water partition coefficient (Wildman–Crippen LogP) is 4.51. The van der Waals surface area contributed by atoms with Crippen LogP contribution in [-0.4, -0.2) is 40.0 Å². The van der Waals surface area contributed by atoms with Gasteiger partial charge in [-0.2, -0.15) is 5.10 Å². The van der Waals surface area contributed by atoms with Gasteiger partial charge in [0.05, 0.1) is 11.6 Å². The number of nitrogens with one attached hydrogen (secondary N) is 1. The van der Waals surface area contributed by atoms with Crippen LogP contribution in [-0.2, 0) is 19.4 Å². The second-order valence-corrected chi connectivity index (χ2v) is 7.81. The highest BCUT2D eigenvalue weighted by Crippen LogP contribution is 2.34. The Bertz CT molecular complexity index is 1110. The van der Waals surface area contributed by atoms with Gasteiger partial charge in [0.2, 0.25) is 0 Å². The highest BCUT2D eigenvalue weighted by atomic mass is 35.5. The molecule has 0 spiro atoms. The van der Waals surface area contributed by atoms with Gasteiger partial charge in [0, 0.05) is 18.5 Å². The number of aromatic nitrogens is 8. The van der Waals surface area contributed by atoms with Crippen LogP contribution in [0.1, 0.15) is 43.9 Å². The van der Waals surface area contributed by atoms with E-state index >= 15 is 0 Å². The smallest absolute Gasteiger partial charge is 0.198 e. The number of aromatic amines is 1. The summed E-state index contributed by atoms with van der Waals surface area (Å²) in [6, 6.07) is 9.77. The molecular formula is C20H22Cl2N8. The van der Waals surface area contributed by atoms with Crippen molar-refractivity contribution in [2.24, 2.45) is 0 Å². The van der Waals surface area contributed by atoms with Crippen molar-refractivity contribution < 1.29 is 0 Å². The number of H-pyrrole nitrogens is 1. The molecular weight excluding hydrogens is 423 g/mol. The van der Waals surface area contributed by atoms with E-state index in [2.05, 4.69) is 46.6 Å². The minimum absolute atomic E-state index is 0.450. The van der Waals surface area contributed by atoms with Crippen LogP contribution in [0, 0.1) is 0 Å². The van der Waals surface area contributed by atoms with Crippen LogP contribution in [0.25, 0.3) is 17.2 Å². The molecule has 30 heavy (non-hydrogen) atoms. The number of benzene rings is 1. The van der Waals surface area contributed by atoms with Crippen molar-refractivity contribution in [2.75, 3.05) is 0 Å². The van der Waals surface area contributed by atoms with Crippen molar-refractivity contribution in [2.45, 2.75) is 46.1 Å². The molecule has 0 amide bonds.